The Morgan fingerprint density at radius 1 is 1.24 bits per heavy atom. The number of aromatic nitrogens is 2. The van der Waals surface area contributed by atoms with Crippen molar-refractivity contribution in [2.75, 3.05) is 11.1 Å². The van der Waals surface area contributed by atoms with Crippen molar-refractivity contribution in [3.63, 3.8) is 0 Å². The third-order valence-electron chi connectivity index (χ3n) is 3.47. The number of H-pyrrole nitrogens is 1. The van der Waals surface area contributed by atoms with E-state index in [1.165, 1.54) is 16.0 Å². The molecule has 0 aliphatic carbocycles. The number of amides is 1. The Labute approximate surface area is 129 Å². The van der Waals surface area contributed by atoms with E-state index >= 15 is 0 Å². The zero-order valence-electron chi connectivity index (χ0n) is 12.9. The van der Waals surface area contributed by atoms with E-state index in [-0.39, 0.29) is 5.91 Å². The topological polar surface area (TPSA) is 57.8 Å². The molecule has 2 N–H and O–H groups in total. The van der Waals surface area contributed by atoms with Crippen LogP contribution in [-0.4, -0.2) is 21.9 Å². The number of hydrogen-bond acceptors (Lipinski definition) is 3. The van der Waals surface area contributed by atoms with Crippen molar-refractivity contribution in [3.8, 4) is 0 Å². The second kappa shape index (κ2) is 6.80. The van der Waals surface area contributed by atoms with E-state index in [0.29, 0.717) is 6.42 Å². The first-order chi connectivity index (χ1) is 9.97. The van der Waals surface area contributed by atoms with Crippen LogP contribution in [0.25, 0.3) is 0 Å². The van der Waals surface area contributed by atoms with Crippen LogP contribution in [0.3, 0.4) is 0 Å². The van der Waals surface area contributed by atoms with E-state index in [1.807, 2.05) is 13.8 Å². The highest BCUT2D eigenvalue weighted by Gasteiger charge is 2.10. The van der Waals surface area contributed by atoms with Crippen molar-refractivity contribution in [1.82, 2.24) is 10.2 Å². The van der Waals surface area contributed by atoms with Crippen LogP contribution in [0.2, 0.25) is 0 Å². The maximum absolute atomic E-state index is 12.0. The normalized spacial score (nSPS) is 10.7. The number of anilines is 1. The van der Waals surface area contributed by atoms with Crippen molar-refractivity contribution in [3.05, 3.63) is 40.7 Å². The van der Waals surface area contributed by atoms with Gasteiger partial charge in [0.1, 0.15) is 0 Å². The van der Waals surface area contributed by atoms with Crippen molar-refractivity contribution in [2.24, 2.45) is 0 Å². The first-order valence-electron chi connectivity index (χ1n) is 6.99. The highest BCUT2D eigenvalue weighted by atomic mass is 32.2. The molecule has 1 aromatic carbocycles. The fourth-order valence-electron chi connectivity index (χ4n) is 2.00. The summed E-state index contributed by atoms with van der Waals surface area (Å²) in [6.07, 6.45) is 0.488. The van der Waals surface area contributed by atoms with E-state index < -0.39 is 0 Å². The summed E-state index contributed by atoms with van der Waals surface area (Å²) in [5, 5.41) is 9.86. The average molecular weight is 303 g/mol. The Hall–Kier alpha value is -1.75. The lowest BCUT2D eigenvalue weighted by molar-refractivity contribution is -0.115. The molecule has 1 aromatic heterocycles. The largest absolute Gasteiger partial charge is 0.323 e. The standard InChI is InChI=1S/C16H21N3OS/c1-10-5-6-14(9-11(10)2)21-8-7-15(20)17-16-12(3)18-19-13(16)4/h5-6,9H,7-8H2,1-4H3,(H,17,20)(H,18,19). The molecule has 0 fully saturated rings. The van der Waals surface area contributed by atoms with E-state index in [1.54, 1.807) is 11.8 Å². The molecule has 0 bridgehead atoms. The van der Waals surface area contributed by atoms with Gasteiger partial charge in [0.05, 0.1) is 17.1 Å². The van der Waals surface area contributed by atoms with Crippen LogP contribution in [0, 0.1) is 27.7 Å². The van der Waals surface area contributed by atoms with Gasteiger partial charge in [0.15, 0.2) is 0 Å². The fraction of sp³-hybridized carbons (Fsp3) is 0.375. The minimum Gasteiger partial charge on any atom is -0.323 e. The average Bonchev–Trinajstić information content (AvgIpc) is 2.75. The van der Waals surface area contributed by atoms with Gasteiger partial charge >= 0.3 is 0 Å². The molecule has 0 aliphatic heterocycles. The molecule has 2 rings (SSSR count). The zero-order valence-corrected chi connectivity index (χ0v) is 13.7. The number of carbonyl (C=O) groups excluding carboxylic acids is 1. The predicted octanol–water partition coefficient (Wildman–Crippen LogP) is 3.76. The molecular weight excluding hydrogens is 282 g/mol. The maximum atomic E-state index is 12.0. The molecule has 2 aromatic rings. The van der Waals surface area contributed by atoms with Crippen molar-refractivity contribution < 1.29 is 4.79 Å². The highest BCUT2D eigenvalue weighted by Crippen LogP contribution is 2.22. The first-order valence-corrected chi connectivity index (χ1v) is 7.97. The zero-order chi connectivity index (χ0) is 15.4. The number of hydrogen-bond donors (Lipinski definition) is 2. The molecule has 0 aliphatic rings. The molecule has 0 unspecified atom stereocenters. The Morgan fingerprint density at radius 2 is 2.00 bits per heavy atom. The van der Waals surface area contributed by atoms with Crippen molar-refractivity contribution in [2.45, 2.75) is 39.0 Å². The van der Waals surface area contributed by atoms with Crippen LogP contribution < -0.4 is 5.32 Å². The summed E-state index contributed by atoms with van der Waals surface area (Å²) in [5.41, 5.74) is 5.10. The van der Waals surface area contributed by atoms with Gasteiger partial charge < -0.3 is 5.32 Å². The number of carbonyl (C=O) groups is 1. The van der Waals surface area contributed by atoms with Gasteiger partial charge in [-0.1, -0.05) is 6.07 Å². The van der Waals surface area contributed by atoms with Crippen LogP contribution in [0.15, 0.2) is 23.1 Å². The fourth-order valence-corrected chi connectivity index (χ4v) is 2.95. The Bertz CT molecular complexity index is 629. The monoisotopic (exact) mass is 303 g/mol. The van der Waals surface area contributed by atoms with Gasteiger partial charge in [0.2, 0.25) is 5.91 Å². The van der Waals surface area contributed by atoms with Crippen LogP contribution in [0.5, 0.6) is 0 Å². The second-order valence-corrected chi connectivity index (χ2v) is 6.37. The quantitative estimate of drug-likeness (QED) is 0.827. The SMILES string of the molecule is Cc1ccc(SCCC(=O)Nc2c(C)n[nH]c2C)cc1C. The van der Waals surface area contributed by atoms with E-state index in [4.69, 9.17) is 0 Å². The molecule has 0 radical (unpaired) electrons. The minimum atomic E-state index is 0.0268. The lowest BCUT2D eigenvalue weighted by atomic mass is 10.1. The molecule has 0 saturated carbocycles. The number of rotatable bonds is 5. The summed E-state index contributed by atoms with van der Waals surface area (Å²) in [6, 6.07) is 6.40. The third-order valence-corrected chi connectivity index (χ3v) is 4.46. The summed E-state index contributed by atoms with van der Waals surface area (Å²) in [4.78, 5) is 13.2. The summed E-state index contributed by atoms with van der Waals surface area (Å²) in [7, 11) is 0. The van der Waals surface area contributed by atoms with Gasteiger partial charge in [-0.25, -0.2) is 0 Å². The van der Waals surface area contributed by atoms with Gasteiger partial charge in [-0.3, -0.25) is 9.89 Å². The molecule has 4 nitrogen and oxygen atoms in total. The van der Waals surface area contributed by atoms with Gasteiger partial charge in [-0.2, -0.15) is 5.10 Å². The minimum absolute atomic E-state index is 0.0268. The smallest absolute Gasteiger partial charge is 0.225 e. The number of nitrogens with zero attached hydrogens (tertiary/aromatic N) is 1. The Balaban J connectivity index is 1.83. The molecule has 1 heterocycles. The van der Waals surface area contributed by atoms with Crippen molar-refractivity contribution in [1.29, 1.82) is 0 Å². The van der Waals surface area contributed by atoms with Crippen molar-refractivity contribution >= 4 is 23.4 Å². The van der Waals surface area contributed by atoms with Gasteiger partial charge in [-0.05, 0) is 51.0 Å². The summed E-state index contributed by atoms with van der Waals surface area (Å²) < 4.78 is 0. The molecule has 1 amide bonds. The number of nitrogens with one attached hydrogen (secondary N) is 2. The predicted molar refractivity (Wildman–Crippen MR) is 87.9 cm³/mol. The third kappa shape index (κ3) is 4.11. The number of aryl methyl sites for hydroxylation is 4. The molecule has 21 heavy (non-hydrogen) atoms. The number of thioether (sulfide) groups is 1. The molecule has 5 heteroatoms. The van der Waals surface area contributed by atoms with Crippen LogP contribution >= 0.6 is 11.8 Å². The Kier molecular flexibility index (Phi) is 5.07. The van der Waals surface area contributed by atoms with Crippen LogP contribution in [-0.2, 0) is 4.79 Å². The number of benzene rings is 1. The van der Waals surface area contributed by atoms with Gasteiger partial charge in [0, 0.05) is 17.1 Å². The highest BCUT2D eigenvalue weighted by molar-refractivity contribution is 7.99. The van der Waals surface area contributed by atoms with Gasteiger partial charge in [0.25, 0.3) is 0 Å². The van der Waals surface area contributed by atoms with Gasteiger partial charge in [-0.15, -0.1) is 11.8 Å². The maximum Gasteiger partial charge on any atom is 0.225 e. The lowest BCUT2D eigenvalue weighted by Gasteiger charge is -2.06. The van der Waals surface area contributed by atoms with Crippen LogP contribution in [0.1, 0.15) is 28.9 Å². The number of aromatic amines is 1. The summed E-state index contributed by atoms with van der Waals surface area (Å²) in [6.45, 7) is 7.99. The Morgan fingerprint density at radius 3 is 2.62 bits per heavy atom. The second-order valence-electron chi connectivity index (χ2n) is 5.20. The van der Waals surface area contributed by atoms with E-state index in [9.17, 15) is 4.79 Å². The molecule has 0 atom stereocenters. The van der Waals surface area contributed by atoms with E-state index in [2.05, 4.69) is 47.6 Å². The summed E-state index contributed by atoms with van der Waals surface area (Å²) >= 11 is 1.71. The van der Waals surface area contributed by atoms with E-state index in [0.717, 1.165) is 22.8 Å². The molecule has 112 valence electrons. The van der Waals surface area contributed by atoms with Crippen LogP contribution in [0.4, 0.5) is 5.69 Å². The molecular formula is C16H21N3OS. The molecule has 0 spiro atoms. The lowest BCUT2D eigenvalue weighted by Crippen LogP contribution is -2.13. The molecule has 0 saturated heterocycles. The first kappa shape index (κ1) is 15.6. The summed E-state index contributed by atoms with van der Waals surface area (Å²) in [5.74, 6) is 0.795.